The summed E-state index contributed by atoms with van der Waals surface area (Å²) in [6, 6.07) is 18.5. The lowest BCUT2D eigenvalue weighted by molar-refractivity contribution is 0.0869. The van der Waals surface area contributed by atoms with Gasteiger partial charge in [0.05, 0.1) is 11.7 Å². The maximum atomic E-state index is 12.9. The van der Waals surface area contributed by atoms with Gasteiger partial charge in [-0.25, -0.2) is 0 Å². The van der Waals surface area contributed by atoms with Gasteiger partial charge < -0.3 is 15.0 Å². The summed E-state index contributed by atoms with van der Waals surface area (Å²) in [6.07, 6.45) is 4.97. The molecule has 3 aromatic rings. The van der Waals surface area contributed by atoms with E-state index in [1.165, 1.54) is 5.56 Å². The fraction of sp³-hybridized carbons (Fsp3) is 0.318. The van der Waals surface area contributed by atoms with Crippen molar-refractivity contribution < 1.29 is 9.90 Å². The minimum atomic E-state index is -0.212. The Morgan fingerprint density at radius 1 is 1.00 bits per heavy atom. The molecular formula is C22H24N2O2. The topological polar surface area (TPSA) is 54.3 Å². The molecule has 2 aromatic carbocycles. The van der Waals surface area contributed by atoms with Gasteiger partial charge >= 0.3 is 0 Å². The highest BCUT2D eigenvalue weighted by Gasteiger charge is 2.23. The number of carbonyl (C=O) groups is 1. The molecule has 2 N–H and O–H groups in total. The van der Waals surface area contributed by atoms with E-state index in [-0.39, 0.29) is 18.1 Å². The van der Waals surface area contributed by atoms with Crippen LogP contribution in [0.3, 0.4) is 0 Å². The molecule has 0 saturated heterocycles. The maximum absolute atomic E-state index is 12.9. The van der Waals surface area contributed by atoms with Crippen LogP contribution in [0.2, 0.25) is 0 Å². The van der Waals surface area contributed by atoms with Crippen LogP contribution >= 0.6 is 0 Å². The van der Waals surface area contributed by atoms with Gasteiger partial charge in [0.2, 0.25) is 0 Å². The number of benzene rings is 2. The van der Waals surface area contributed by atoms with E-state index in [9.17, 15) is 9.90 Å². The number of hydrogen-bond donors (Lipinski definition) is 2. The van der Waals surface area contributed by atoms with Gasteiger partial charge in [-0.3, -0.25) is 4.79 Å². The minimum Gasteiger partial charge on any atom is -0.393 e. The highest BCUT2D eigenvalue weighted by Crippen LogP contribution is 2.24. The summed E-state index contributed by atoms with van der Waals surface area (Å²) in [5.74, 6) is -0.0191. The smallest absolute Gasteiger partial charge is 0.253 e. The fourth-order valence-electron chi connectivity index (χ4n) is 3.82. The molecule has 4 heteroatoms. The van der Waals surface area contributed by atoms with E-state index in [2.05, 4.69) is 28.1 Å². The number of fused-ring (bicyclic) bond motifs is 1. The van der Waals surface area contributed by atoms with E-state index in [1.54, 1.807) is 0 Å². The van der Waals surface area contributed by atoms with Crippen LogP contribution in [0.25, 0.3) is 10.9 Å². The first-order valence-corrected chi connectivity index (χ1v) is 9.31. The van der Waals surface area contributed by atoms with Crippen LogP contribution in [-0.2, 0) is 6.54 Å². The summed E-state index contributed by atoms with van der Waals surface area (Å²) in [5, 5.41) is 13.8. The number of carbonyl (C=O) groups excluding carboxylic acids is 1. The van der Waals surface area contributed by atoms with Crippen LogP contribution in [0, 0.1) is 0 Å². The van der Waals surface area contributed by atoms with Crippen molar-refractivity contribution in [2.24, 2.45) is 0 Å². The maximum Gasteiger partial charge on any atom is 0.253 e. The van der Waals surface area contributed by atoms with Crippen molar-refractivity contribution in [2.75, 3.05) is 0 Å². The first-order valence-electron chi connectivity index (χ1n) is 9.31. The Morgan fingerprint density at radius 3 is 2.46 bits per heavy atom. The van der Waals surface area contributed by atoms with Crippen LogP contribution in [0.4, 0.5) is 0 Å². The molecule has 0 spiro atoms. The molecule has 1 amide bonds. The molecule has 4 nitrogen and oxygen atoms in total. The lowest BCUT2D eigenvalue weighted by atomic mass is 9.93. The van der Waals surface area contributed by atoms with Gasteiger partial charge in [-0.15, -0.1) is 0 Å². The monoisotopic (exact) mass is 348 g/mol. The highest BCUT2D eigenvalue weighted by atomic mass is 16.3. The Balaban J connectivity index is 1.60. The van der Waals surface area contributed by atoms with Crippen molar-refractivity contribution in [3.8, 4) is 0 Å². The quantitative estimate of drug-likeness (QED) is 0.755. The lowest BCUT2D eigenvalue weighted by Crippen LogP contribution is -2.38. The second-order valence-corrected chi connectivity index (χ2v) is 7.15. The largest absolute Gasteiger partial charge is 0.393 e. The first kappa shape index (κ1) is 16.9. The number of nitrogens with zero attached hydrogens (tertiary/aromatic N) is 1. The number of nitrogens with one attached hydrogen (secondary N) is 1. The number of aromatic nitrogens is 1. The summed E-state index contributed by atoms with van der Waals surface area (Å²) in [5.41, 5.74) is 3.00. The molecule has 4 rings (SSSR count). The van der Waals surface area contributed by atoms with E-state index in [0.717, 1.165) is 48.7 Å². The van der Waals surface area contributed by atoms with Gasteiger partial charge in [0.25, 0.3) is 5.91 Å². The zero-order chi connectivity index (χ0) is 17.9. The van der Waals surface area contributed by atoms with E-state index < -0.39 is 0 Å². The van der Waals surface area contributed by atoms with Crippen LogP contribution in [0.15, 0.2) is 60.8 Å². The molecule has 134 valence electrons. The van der Waals surface area contributed by atoms with E-state index in [0.29, 0.717) is 0 Å². The molecule has 1 saturated carbocycles. The molecule has 1 aliphatic carbocycles. The normalized spacial score (nSPS) is 20.2. The first-order chi connectivity index (χ1) is 12.7. The van der Waals surface area contributed by atoms with Crippen molar-refractivity contribution >= 4 is 16.8 Å². The number of aliphatic hydroxyl groups is 1. The Kier molecular flexibility index (Phi) is 4.76. The van der Waals surface area contributed by atoms with Crippen molar-refractivity contribution in [3.63, 3.8) is 0 Å². The predicted octanol–water partition coefficient (Wildman–Crippen LogP) is 3.72. The Hall–Kier alpha value is -2.59. The standard InChI is InChI=1S/C22H24N2O2/c25-18-12-10-17(11-13-18)23-22(26)20-15-24(14-16-6-2-1-3-7-16)21-9-5-4-8-19(20)21/h1-9,15,17-18,25H,10-14H2,(H,23,26). The van der Waals surface area contributed by atoms with Gasteiger partial charge in [0.1, 0.15) is 0 Å². The lowest BCUT2D eigenvalue weighted by Gasteiger charge is -2.26. The molecule has 0 aliphatic heterocycles. The molecule has 1 fully saturated rings. The van der Waals surface area contributed by atoms with Crippen LogP contribution in [0.5, 0.6) is 0 Å². The third kappa shape index (κ3) is 3.51. The molecule has 0 atom stereocenters. The van der Waals surface area contributed by atoms with Gasteiger partial charge in [-0.2, -0.15) is 0 Å². The van der Waals surface area contributed by atoms with E-state index in [4.69, 9.17) is 0 Å². The number of hydrogen-bond acceptors (Lipinski definition) is 2. The van der Waals surface area contributed by atoms with Crippen molar-refractivity contribution in [3.05, 3.63) is 71.9 Å². The van der Waals surface area contributed by atoms with E-state index >= 15 is 0 Å². The van der Waals surface area contributed by atoms with Gasteiger partial charge in [-0.1, -0.05) is 48.5 Å². The molecular weight excluding hydrogens is 324 g/mol. The van der Waals surface area contributed by atoms with Gasteiger partial charge in [0.15, 0.2) is 0 Å². The van der Waals surface area contributed by atoms with Gasteiger partial charge in [-0.05, 0) is 37.3 Å². The Morgan fingerprint density at radius 2 is 1.69 bits per heavy atom. The molecule has 0 bridgehead atoms. The van der Waals surface area contributed by atoms with Crippen molar-refractivity contribution in [2.45, 2.75) is 44.4 Å². The number of amides is 1. The van der Waals surface area contributed by atoms with Crippen LogP contribution in [0.1, 0.15) is 41.6 Å². The average molecular weight is 348 g/mol. The molecule has 0 unspecified atom stereocenters. The summed E-state index contributed by atoms with van der Waals surface area (Å²) in [6.45, 7) is 0.740. The van der Waals surface area contributed by atoms with Crippen molar-refractivity contribution in [1.82, 2.24) is 9.88 Å². The fourth-order valence-corrected chi connectivity index (χ4v) is 3.82. The molecule has 1 aliphatic rings. The van der Waals surface area contributed by atoms with Crippen molar-refractivity contribution in [1.29, 1.82) is 0 Å². The Bertz CT molecular complexity index is 893. The predicted molar refractivity (Wildman–Crippen MR) is 103 cm³/mol. The average Bonchev–Trinajstić information content (AvgIpc) is 3.03. The molecule has 1 heterocycles. The molecule has 26 heavy (non-hydrogen) atoms. The van der Waals surface area contributed by atoms with E-state index in [1.807, 2.05) is 42.6 Å². The summed E-state index contributed by atoms with van der Waals surface area (Å²) in [7, 11) is 0. The number of aliphatic hydroxyl groups excluding tert-OH is 1. The third-order valence-corrected chi connectivity index (χ3v) is 5.26. The number of para-hydroxylation sites is 1. The van der Waals surface area contributed by atoms with Crippen LogP contribution in [-0.4, -0.2) is 27.7 Å². The minimum absolute atomic E-state index is 0.0191. The zero-order valence-electron chi connectivity index (χ0n) is 14.8. The highest BCUT2D eigenvalue weighted by molar-refractivity contribution is 6.07. The SMILES string of the molecule is O=C(NC1CCC(O)CC1)c1cn(Cc2ccccc2)c2ccccc12. The summed E-state index contributed by atoms with van der Waals surface area (Å²) >= 11 is 0. The second kappa shape index (κ2) is 7.34. The third-order valence-electron chi connectivity index (χ3n) is 5.26. The summed E-state index contributed by atoms with van der Waals surface area (Å²) in [4.78, 5) is 12.9. The van der Waals surface area contributed by atoms with Gasteiger partial charge in [0, 0.05) is 29.7 Å². The molecule has 1 aromatic heterocycles. The van der Waals surface area contributed by atoms with Crippen LogP contribution < -0.4 is 5.32 Å². The summed E-state index contributed by atoms with van der Waals surface area (Å²) < 4.78 is 2.14. The number of rotatable bonds is 4. The molecule has 0 radical (unpaired) electrons. The Labute approximate surface area is 153 Å². The second-order valence-electron chi connectivity index (χ2n) is 7.15. The zero-order valence-corrected chi connectivity index (χ0v) is 14.8.